The largest absolute Gasteiger partial charge is 0.459 e. The summed E-state index contributed by atoms with van der Waals surface area (Å²) in [6.45, 7) is 0.466. The standard InChI is InChI=1S/C33H31FN6O3S/c1-39(26-8-9-26)30(19-44(2,41)42)32-13-12-31(43-32)22-6-10-28-27(16-22)33(36-20-35-28)38-25-7-11-29-23(15-25)17-37-40(29)18-21-4-3-5-24(34)14-21/h3-7,10-17,20,26,30H,8-9,18-19H2,1-2H3,(H,35,36,38). The molecule has 9 nitrogen and oxygen atoms in total. The molecule has 3 aromatic carbocycles. The van der Waals surface area contributed by atoms with Gasteiger partial charge >= 0.3 is 0 Å². The third kappa shape index (κ3) is 5.93. The molecule has 0 aliphatic heterocycles. The molecular formula is C33H31FN6O3S. The number of benzene rings is 3. The first kappa shape index (κ1) is 28.2. The van der Waals surface area contributed by atoms with Crippen LogP contribution in [-0.2, 0) is 16.4 Å². The summed E-state index contributed by atoms with van der Waals surface area (Å²) < 4.78 is 46.3. The van der Waals surface area contributed by atoms with Gasteiger partial charge in [0, 0.05) is 34.3 Å². The van der Waals surface area contributed by atoms with Gasteiger partial charge in [-0.15, -0.1) is 0 Å². The van der Waals surface area contributed by atoms with Crippen LogP contribution < -0.4 is 5.32 Å². The number of rotatable bonds is 10. The Bertz CT molecular complexity index is 2100. The van der Waals surface area contributed by atoms with Crippen molar-refractivity contribution in [2.24, 2.45) is 0 Å². The highest BCUT2D eigenvalue weighted by molar-refractivity contribution is 7.90. The molecule has 1 aliphatic rings. The van der Waals surface area contributed by atoms with E-state index in [0.29, 0.717) is 29.9 Å². The van der Waals surface area contributed by atoms with Crippen molar-refractivity contribution in [3.8, 4) is 11.3 Å². The Morgan fingerprint density at radius 3 is 2.73 bits per heavy atom. The number of hydrogen-bond donors (Lipinski definition) is 1. The van der Waals surface area contributed by atoms with Crippen LogP contribution in [0.25, 0.3) is 33.1 Å². The van der Waals surface area contributed by atoms with Gasteiger partial charge in [0.25, 0.3) is 0 Å². The molecule has 11 heteroatoms. The monoisotopic (exact) mass is 610 g/mol. The van der Waals surface area contributed by atoms with Crippen LogP contribution >= 0.6 is 0 Å². The Morgan fingerprint density at radius 1 is 1.07 bits per heavy atom. The summed E-state index contributed by atoms with van der Waals surface area (Å²) in [5, 5.41) is 9.69. The van der Waals surface area contributed by atoms with Crippen molar-refractivity contribution < 1.29 is 17.2 Å². The van der Waals surface area contributed by atoms with Gasteiger partial charge in [-0.25, -0.2) is 22.8 Å². The number of furan rings is 1. The lowest BCUT2D eigenvalue weighted by Crippen LogP contribution is -2.31. The molecule has 0 radical (unpaired) electrons. The second-order valence-electron chi connectivity index (χ2n) is 11.5. The molecule has 1 N–H and O–H groups in total. The van der Waals surface area contributed by atoms with E-state index in [4.69, 9.17) is 4.42 Å². The van der Waals surface area contributed by atoms with Crippen LogP contribution in [0.5, 0.6) is 0 Å². The van der Waals surface area contributed by atoms with Crippen LogP contribution in [0.3, 0.4) is 0 Å². The third-order valence-electron chi connectivity index (χ3n) is 8.08. The first-order valence-electron chi connectivity index (χ1n) is 14.4. The minimum absolute atomic E-state index is 0.000630. The summed E-state index contributed by atoms with van der Waals surface area (Å²) in [6, 6.07) is 22.1. The Balaban J connectivity index is 1.16. The topological polar surface area (TPSA) is 106 Å². The predicted molar refractivity (Wildman–Crippen MR) is 169 cm³/mol. The van der Waals surface area contributed by atoms with Gasteiger partial charge in [-0.3, -0.25) is 9.58 Å². The summed E-state index contributed by atoms with van der Waals surface area (Å²) >= 11 is 0. The fourth-order valence-electron chi connectivity index (χ4n) is 5.66. The molecule has 1 saturated carbocycles. The number of aromatic nitrogens is 4. The van der Waals surface area contributed by atoms with E-state index in [9.17, 15) is 12.8 Å². The third-order valence-corrected chi connectivity index (χ3v) is 9.00. The normalized spacial score (nSPS) is 14.5. The fraction of sp³-hybridized carbons (Fsp3) is 0.242. The molecular weight excluding hydrogens is 579 g/mol. The Kier molecular flexibility index (Phi) is 7.14. The zero-order valence-electron chi connectivity index (χ0n) is 24.3. The van der Waals surface area contributed by atoms with Gasteiger partial charge in [0.15, 0.2) is 0 Å². The number of sulfone groups is 1. The molecule has 0 spiro atoms. The molecule has 0 saturated heterocycles. The van der Waals surface area contributed by atoms with Gasteiger partial charge in [-0.05, 0) is 86.1 Å². The maximum absolute atomic E-state index is 13.7. The number of halogens is 1. The number of hydrogen-bond acceptors (Lipinski definition) is 8. The maximum atomic E-state index is 13.7. The van der Waals surface area contributed by atoms with E-state index in [1.807, 2.05) is 66.3 Å². The van der Waals surface area contributed by atoms with Crippen molar-refractivity contribution in [1.82, 2.24) is 24.6 Å². The predicted octanol–water partition coefficient (Wildman–Crippen LogP) is 6.35. The first-order chi connectivity index (χ1) is 21.2. The van der Waals surface area contributed by atoms with Gasteiger partial charge in [-0.1, -0.05) is 12.1 Å². The molecule has 1 unspecified atom stereocenters. The van der Waals surface area contributed by atoms with E-state index in [1.54, 1.807) is 12.3 Å². The molecule has 0 bridgehead atoms. The maximum Gasteiger partial charge on any atom is 0.149 e. The van der Waals surface area contributed by atoms with E-state index in [0.717, 1.165) is 51.5 Å². The summed E-state index contributed by atoms with van der Waals surface area (Å²) in [7, 11) is -1.25. The van der Waals surface area contributed by atoms with Crippen LogP contribution in [0, 0.1) is 5.82 Å². The van der Waals surface area contributed by atoms with Crippen molar-refractivity contribution in [3.63, 3.8) is 0 Å². The minimum Gasteiger partial charge on any atom is -0.459 e. The van der Waals surface area contributed by atoms with Crippen LogP contribution in [0.2, 0.25) is 0 Å². The quantitative estimate of drug-likeness (QED) is 0.191. The first-order valence-corrected chi connectivity index (χ1v) is 16.5. The van der Waals surface area contributed by atoms with E-state index >= 15 is 0 Å². The van der Waals surface area contributed by atoms with Gasteiger partial charge in [-0.2, -0.15) is 5.10 Å². The lowest BCUT2D eigenvalue weighted by Gasteiger charge is -2.25. The summed E-state index contributed by atoms with van der Waals surface area (Å²) in [4.78, 5) is 11.1. The zero-order valence-corrected chi connectivity index (χ0v) is 25.1. The summed E-state index contributed by atoms with van der Waals surface area (Å²) in [5.74, 6) is 1.65. The van der Waals surface area contributed by atoms with Crippen LogP contribution in [0.1, 0.15) is 30.2 Å². The molecule has 1 fully saturated rings. The summed E-state index contributed by atoms with van der Waals surface area (Å²) in [6.07, 6.45) is 6.71. The van der Waals surface area contributed by atoms with Gasteiger partial charge in [0.05, 0.1) is 35.6 Å². The highest BCUT2D eigenvalue weighted by Crippen LogP contribution is 2.37. The molecule has 3 aromatic heterocycles. The molecule has 224 valence electrons. The van der Waals surface area contributed by atoms with E-state index < -0.39 is 9.84 Å². The van der Waals surface area contributed by atoms with Gasteiger partial charge in [0.1, 0.15) is 39.3 Å². The van der Waals surface area contributed by atoms with Crippen molar-refractivity contribution in [2.45, 2.75) is 31.5 Å². The number of nitrogens with zero attached hydrogens (tertiary/aromatic N) is 5. The van der Waals surface area contributed by atoms with Gasteiger partial charge in [0.2, 0.25) is 0 Å². The average Bonchev–Trinajstić information content (AvgIpc) is 3.61. The Labute approximate surface area is 254 Å². The Morgan fingerprint density at radius 2 is 1.93 bits per heavy atom. The van der Waals surface area contributed by atoms with Crippen LogP contribution in [0.15, 0.2) is 89.7 Å². The zero-order chi connectivity index (χ0) is 30.4. The van der Waals surface area contributed by atoms with Crippen molar-refractivity contribution in [2.75, 3.05) is 24.4 Å². The SMILES string of the molecule is CN(C1CC1)C(CS(C)(=O)=O)c1ccc(-c2ccc3ncnc(Nc4ccc5c(cnn5Cc5cccc(F)c5)c4)c3c2)o1. The Hall–Kier alpha value is -4.61. The summed E-state index contributed by atoms with van der Waals surface area (Å²) in [5.41, 5.74) is 4.21. The molecule has 0 amide bonds. The number of fused-ring (bicyclic) bond motifs is 2. The number of nitrogens with one attached hydrogen (secondary N) is 1. The highest BCUT2D eigenvalue weighted by Gasteiger charge is 2.35. The smallest absolute Gasteiger partial charge is 0.149 e. The lowest BCUT2D eigenvalue weighted by atomic mass is 10.1. The molecule has 6 aromatic rings. The average molecular weight is 611 g/mol. The highest BCUT2D eigenvalue weighted by atomic mass is 32.2. The molecule has 1 aliphatic carbocycles. The second-order valence-corrected chi connectivity index (χ2v) is 13.7. The van der Waals surface area contributed by atoms with Crippen molar-refractivity contribution >= 4 is 43.1 Å². The second kappa shape index (κ2) is 11.1. The molecule has 3 heterocycles. The van der Waals surface area contributed by atoms with E-state index in [2.05, 4.69) is 25.3 Å². The number of anilines is 2. The fourth-order valence-corrected chi connectivity index (χ4v) is 6.63. The van der Waals surface area contributed by atoms with Crippen LogP contribution in [0.4, 0.5) is 15.9 Å². The van der Waals surface area contributed by atoms with E-state index in [-0.39, 0.29) is 17.6 Å². The van der Waals surface area contributed by atoms with E-state index in [1.165, 1.54) is 24.7 Å². The van der Waals surface area contributed by atoms with Crippen molar-refractivity contribution in [3.05, 3.63) is 102 Å². The lowest BCUT2D eigenvalue weighted by molar-refractivity contribution is 0.225. The molecule has 7 rings (SSSR count). The van der Waals surface area contributed by atoms with Crippen LogP contribution in [-0.4, -0.2) is 58.2 Å². The minimum atomic E-state index is -3.22. The van der Waals surface area contributed by atoms with Gasteiger partial charge < -0.3 is 9.73 Å². The van der Waals surface area contributed by atoms with Crippen molar-refractivity contribution in [1.29, 1.82) is 0 Å². The molecule has 1 atom stereocenters. The molecule has 44 heavy (non-hydrogen) atoms.